The van der Waals surface area contributed by atoms with Gasteiger partial charge >= 0.3 is 0 Å². The van der Waals surface area contributed by atoms with Crippen molar-refractivity contribution in [3.63, 3.8) is 0 Å². The summed E-state index contributed by atoms with van der Waals surface area (Å²) in [6.07, 6.45) is 1.95. The molecule has 7 nitrogen and oxygen atoms in total. The van der Waals surface area contributed by atoms with Crippen LogP contribution in [0.25, 0.3) is 5.65 Å². The van der Waals surface area contributed by atoms with Gasteiger partial charge in [-0.25, -0.2) is 4.99 Å². The van der Waals surface area contributed by atoms with Crippen LogP contribution in [0.3, 0.4) is 0 Å². The van der Waals surface area contributed by atoms with Crippen LogP contribution in [-0.2, 0) is 13.1 Å². The van der Waals surface area contributed by atoms with Gasteiger partial charge in [0.2, 0.25) is 0 Å². The number of fused-ring (bicyclic) bond motifs is 1. The van der Waals surface area contributed by atoms with E-state index in [1.54, 1.807) is 0 Å². The molecule has 0 aliphatic heterocycles. The highest BCUT2D eigenvalue weighted by Gasteiger charge is 2.05. The fourth-order valence-electron chi connectivity index (χ4n) is 2.36. The van der Waals surface area contributed by atoms with Crippen molar-refractivity contribution in [1.82, 2.24) is 30.2 Å². The lowest BCUT2D eigenvalue weighted by Crippen LogP contribution is -2.37. The number of hydrogen-bond acceptors (Lipinski definition) is 4. The van der Waals surface area contributed by atoms with Crippen molar-refractivity contribution in [1.29, 1.82) is 0 Å². The molecule has 25 heavy (non-hydrogen) atoms. The normalized spacial score (nSPS) is 11.2. The first-order chi connectivity index (χ1) is 11.8. The summed E-state index contributed by atoms with van der Waals surface area (Å²) in [5.41, 5.74) is 2.77. The second-order valence-corrected chi connectivity index (χ2v) is 5.36. The molecule has 0 amide bonds. The van der Waals surface area contributed by atoms with E-state index >= 15 is 0 Å². The average molecular weight is 451 g/mol. The Balaban J connectivity index is 0.00000225. The van der Waals surface area contributed by atoms with Gasteiger partial charge in [0.1, 0.15) is 0 Å². The molecule has 0 aromatic carbocycles. The number of aryl methyl sites for hydroxylation is 1. The quantitative estimate of drug-likeness (QED) is 0.354. The van der Waals surface area contributed by atoms with Gasteiger partial charge < -0.3 is 10.6 Å². The molecule has 0 bridgehead atoms. The van der Waals surface area contributed by atoms with Crippen molar-refractivity contribution >= 4 is 35.6 Å². The Morgan fingerprint density at radius 3 is 2.80 bits per heavy atom. The minimum Gasteiger partial charge on any atom is -0.357 e. The standard InChI is InChI=1S/C17H21N7.HI/c1-3-18-17(19-11-14-8-6-7-13(2)21-14)20-12-16-23-22-15-9-4-5-10-24(15)16;/h4-10H,3,11-12H2,1-2H3,(H2,18,19,20);1H. The van der Waals surface area contributed by atoms with E-state index in [9.17, 15) is 0 Å². The fourth-order valence-corrected chi connectivity index (χ4v) is 2.36. The molecule has 132 valence electrons. The first-order valence-electron chi connectivity index (χ1n) is 7.99. The smallest absolute Gasteiger partial charge is 0.192 e. The number of pyridine rings is 2. The summed E-state index contributed by atoms with van der Waals surface area (Å²) in [7, 11) is 0. The van der Waals surface area contributed by atoms with Crippen molar-refractivity contribution in [2.45, 2.75) is 26.9 Å². The molecule has 0 saturated carbocycles. The Labute approximate surface area is 164 Å². The van der Waals surface area contributed by atoms with Crippen molar-refractivity contribution in [2.24, 2.45) is 4.99 Å². The van der Waals surface area contributed by atoms with Crippen molar-refractivity contribution in [2.75, 3.05) is 6.54 Å². The summed E-state index contributed by atoms with van der Waals surface area (Å²) in [5.74, 6) is 1.57. The fraction of sp³-hybridized carbons (Fsp3) is 0.294. The lowest BCUT2D eigenvalue weighted by Gasteiger charge is -2.10. The molecule has 0 saturated heterocycles. The maximum absolute atomic E-state index is 4.58. The highest BCUT2D eigenvalue weighted by atomic mass is 127. The second-order valence-electron chi connectivity index (χ2n) is 5.36. The number of rotatable bonds is 5. The Morgan fingerprint density at radius 1 is 1.12 bits per heavy atom. The van der Waals surface area contributed by atoms with Crippen molar-refractivity contribution < 1.29 is 0 Å². The van der Waals surface area contributed by atoms with E-state index in [0.717, 1.165) is 35.4 Å². The lowest BCUT2D eigenvalue weighted by molar-refractivity contribution is 0.763. The molecule has 8 heteroatoms. The molecule has 0 radical (unpaired) electrons. The predicted molar refractivity (Wildman–Crippen MR) is 109 cm³/mol. The zero-order valence-electron chi connectivity index (χ0n) is 14.3. The number of nitrogens with one attached hydrogen (secondary N) is 2. The van der Waals surface area contributed by atoms with Crippen LogP contribution in [0.5, 0.6) is 0 Å². The van der Waals surface area contributed by atoms with E-state index in [1.807, 2.05) is 60.8 Å². The van der Waals surface area contributed by atoms with Crippen LogP contribution >= 0.6 is 24.0 Å². The Hall–Kier alpha value is -2.23. The van der Waals surface area contributed by atoms with E-state index < -0.39 is 0 Å². The third-order valence-electron chi connectivity index (χ3n) is 3.49. The van der Waals surface area contributed by atoms with Gasteiger partial charge in [-0.2, -0.15) is 0 Å². The van der Waals surface area contributed by atoms with Gasteiger partial charge in [0.15, 0.2) is 17.4 Å². The molecular weight excluding hydrogens is 429 g/mol. The Bertz CT molecular complexity index is 844. The van der Waals surface area contributed by atoms with Crippen LogP contribution < -0.4 is 10.6 Å². The SMILES string of the molecule is CCNC(=NCc1cccc(C)n1)NCc1nnc2ccccn12.I. The lowest BCUT2D eigenvalue weighted by atomic mass is 10.3. The summed E-state index contributed by atoms with van der Waals surface area (Å²) in [5, 5.41) is 14.9. The molecule has 2 N–H and O–H groups in total. The van der Waals surface area contributed by atoms with Crippen LogP contribution in [0.4, 0.5) is 0 Å². The summed E-state index contributed by atoms with van der Waals surface area (Å²) >= 11 is 0. The monoisotopic (exact) mass is 451 g/mol. The molecule has 0 atom stereocenters. The first kappa shape index (κ1) is 19.1. The van der Waals surface area contributed by atoms with Crippen LogP contribution in [0.2, 0.25) is 0 Å². The van der Waals surface area contributed by atoms with Gasteiger partial charge in [0.25, 0.3) is 0 Å². The van der Waals surface area contributed by atoms with Gasteiger partial charge in [0.05, 0.1) is 18.8 Å². The van der Waals surface area contributed by atoms with Crippen LogP contribution in [0, 0.1) is 6.92 Å². The first-order valence-corrected chi connectivity index (χ1v) is 7.99. The van der Waals surface area contributed by atoms with Gasteiger partial charge in [-0.3, -0.25) is 9.38 Å². The third kappa shape index (κ3) is 5.12. The van der Waals surface area contributed by atoms with Crippen LogP contribution in [-0.4, -0.2) is 32.1 Å². The molecular formula is C17H22IN7. The van der Waals surface area contributed by atoms with E-state index in [1.165, 1.54) is 0 Å². The molecule has 0 fully saturated rings. The molecule has 0 spiro atoms. The van der Waals surface area contributed by atoms with Crippen LogP contribution in [0.1, 0.15) is 24.1 Å². The van der Waals surface area contributed by atoms with Gasteiger partial charge in [-0.15, -0.1) is 34.2 Å². The minimum atomic E-state index is 0. The molecule has 3 heterocycles. The maximum Gasteiger partial charge on any atom is 0.192 e. The van der Waals surface area contributed by atoms with Crippen molar-refractivity contribution in [3.05, 3.63) is 59.8 Å². The van der Waals surface area contributed by atoms with Gasteiger partial charge in [0, 0.05) is 18.4 Å². The maximum atomic E-state index is 4.58. The minimum absolute atomic E-state index is 0. The molecule has 3 aromatic heterocycles. The molecule has 0 unspecified atom stereocenters. The highest BCUT2D eigenvalue weighted by molar-refractivity contribution is 14.0. The zero-order chi connectivity index (χ0) is 16.8. The summed E-state index contributed by atoms with van der Waals surface area (Å²) < 4.78 is 1.96. The van der Waals surface area contributed by atoms with E-state index in [0.29, 0.717) is 13.1 Å². The third-order valence-corrected chi connectivity index (χ3v) is 3.49. The number of guanidine groups is 1. The predicted octanol–water partition coefficient (Wildman–Crippen LogP) is 2.31. The summed E-state index contributed by atoms with van der Waals surface area (Å²) in [4.78, 5) is 9.05. The summed E-state index contributed by atoms with van der Waals surface area (Å²) in [6, 6.07) is 11.8. The molecule has 0 aliphatic rings. The average Bonchev–Trinajstić information content (AvgIpc) is 3.01. The van der Waals surface area contributed by atoms with Crippen LogP contribution in [0.15, 0.2) is 47.6 Å². The van der Waals surface area contributed by atoms with Gasteiger partial charge in [-0.1, -0.05) is 12.1 Å². The molecule has 0 aliphatic carbocycles. The molecule has 3 aromatic rings. The number of nitrogens with zero attached hydrogens (tertiary/aromatic N) is 5. The highest BCUT2D eigenvalue weighted by Crippen LogP contribution is 2.03. The Kier molecular flexibility index (Phi) is 7.11. The largest absolute Gasteiger partial charge is 0.357 e. The Morgan fingerprint density at radius 2 is 2.00 bits per heavy atom. The summed E-state index contributed by atoms with van der Waals surface area (Å²) in [6.45, 7) is 5.87. The number of hydrogen-bond donors (Lipinski definition) is 2. The van der Waals surface area contributed by atoms with E-state index in [4.69, 9.17) is 0 Å². The second kappa shape index (κ2) is 9.30. The number of aliphatic imine (C=N–C) groups is 1. The topological polar surface area (TPSA) is 79.5 Å². The van der Waals surface area contributed by atoms with E-state index in [-0.39, 0.29) is 24.0 Å². The number of aromatic nitrogens is 4. The number of halogens is 1. The van der Waals surface area contributed by atoms with Crippen molar-refractivity contribution in [3.8, 4) is 0 Å². The molecule has 3 rings (SSSR count). The van der Waals surface area contributed by atoms with E-state index in [2.05, 4.69) is 30.8 Å². The van der Waals surface area contributed by atoms with Gasteiger partial charge in [-0.05, 0) is 38.1 Å². The zero-order valence-corrected chi connectivity index (χ0v) is 16.6.